The first-order valence-corrected chi connectivity index (χ1v) is 9.64. The SMILES string of the molecule is FC(F)(F)c1cc(NC[C@H]2CCCOC2)c2c(c1)Sc1ccccc1C2. The van der Waals surface area contributed by atoms with Crippen LogP contribution in [-0.4, -0.2) is 19.8 Å². The van der Waals surface area contributed by atoms with Crippen LogP contribution in [0.1, 0.15) is 29.5 Å². The van der Waals surface area contributed by atoms with Crippen LogP contribution in [-0.2, 0) is 17.3 Å². The second-order valence-electron chi connectivity index (χ2n) is 6.85. The Morgan fingerprint density at radius 3 is 2.77 bits per heavy atom. The van der Waals surface area contributed by atoms with Crippen LogP contribution in [0.4, 0.5) is 18.9 Å². The topological polar surface area (TPSA) is 21.3 Å². The molecule has 2 nitrogen and oxygen atoms in total. The highest BCUT2D eigenvalue weighted by atomic mass is 32.2. The van der Waals surface area contributed by atoms with Gasteiger partial charge in [-0.1, -0.05) is 30.0 Å². The molecule has 0 amide bonds. The van der Waals surface area contributed by atoms with Gasteiger partial charge < -0.3 is 10.1 Å². The van der Waals surface area contributed by atoms with Gasteiger partial charge in [0.1, 0.15) is 0 Å². The van der Waals surface area contributed by atoms with Gasteiger partial charge in [-0.05, 0) is 48.1 Å². The number of benzene rings is 2. The van der Waals surface area contributed by atoms with Crippen LogP contribution >= 0.6 is 11.8 Å². The number of ether oxygens (including phenoxy) is 1. The van der Waals surface area contributed by atoms with Gasteiger partial charge in [0.05, 0.1) is 12.2 Å². The zero-order valence-corrected chi connectivity index (χ0v) is 15.1. The zero-order chi connectivity index (χ0) is 18.1. The van der Waals surface area contributed by atoms with E-state index in [4.69, 9.17) is 4.74 Å². The predicted octanol–water partition coefficient (Wildman–Crippen LogP) is 5.60. The first-order valence-electron chi connectivity index (χ1n) is 8.82. The van der Waals surface area contributed by atoms with Gasteiger partial charge in [-0.2, -0.15) is 13.2 Å². The summed E-state index contributed by atoms with van der Waals surface area (Å²) in [4.78, 5) is 1.73. The van der Waals surface area contributed by atoms with Crippen molar-refractivity contribution in [3.8, 4) is 0 Å². The molecule has 2 aliphatic heterocycles. The van der Waals surface area contributed by atoms with Crippen molar-refractivity contribution in [3.05, 3.63) is 53.1 Å². The van der Waals surface area contributed by atoms with Gasteiger partial charge in [-0.25, -0.2) is 0 Å². The molecule has 0 radical (unpaired) electrons. The highest BCUT2D eigenvalue weighted by Crippen LogP contribution is 2.45. The van der Waals surface area contributed by atoms with Gasteiger partial charge in [0.15, 0.2) is 0 Å². The Bertz CT molecular complexity index is 800. The largest absolute Gasteiger partial charge is 0.416 e. The summed E-state index contributed by atoms with van der Waals surface area (Å²) in [5, 5.41) is 3.29. The predicted molar refractivity (Wildman–Crippen MR) is 96.8 cm³/mol. The first-order chi connectivity index (χ1) is 12.5. The highest BCUT2D eigenvalue weighted by Gasteiger charge is 2.33. The second kappa shape index (κ2) is 7.16. The van der Waals surface area contributed by atoms with Crippen molar-refractivity contribution in [2.75, 3.05) is 25.1 Å². The fourth-order valence-corrected chi connectivity index (χ4v) is 4.67. The van der Waals surface area contributed by atoms with Crippen LogP contribution in [0.2, 0.25) is 0 Å². The van der Waals surface area contributed by atoms with E-state index in [1.807, 2.05) is 24.3 Å². The first kappa shape index (κ1) is 17.7. The van der Waals surface area contributed by atoms with Crippen molar-refractivity contribution >= 4 is 17.4 Å². The summed E-state index contributed by atoms with van der Waals surface area (Å²) in [5.41, 5.74) is 2.13. The Hall–Kier alpha value is -1.66. The van der Waals surface area contributed by atoms with Crippen molar-refractivity contribution in [1.29, 1.82) is 0 Å². The van der Waals surface area contributed by atoms with E-state index in [-0.39, 0.29) is 0 Å². The smallest absolute Gasteiger partial charge is 0.384 e. The summed E-state index contributed by atoms with van der Waals surface area (Å²) in [6.07, 6.45) is -1.64. The van der Waals surface area contributed by atoms with E-state index >= 15 is 0 Å². The maximum Gasteiger partial charge on any atom is 0.416 e. The molecule has 1 saturated heterocycles. The summed E-state index contributed by atoms with van der Waals surface area (Å²) in [6, 6.07) is 10.5. The fourth-order valence-electron chi connectivity index (χ4n) is 3.52. The molecule has 0 saturated carbocycles. The average Bonchev–Trinajstić information content (AvgIpc) is 2.64. The number of fused-ring (bicyclic) bond motifs is 2. The number of hydrogen-bond acceptors (Lipinski definition) is 3. The molecule has 4 rings (SSSR count). The molecule has 0 aromatic heterocycles. The van der Waals surface area contributed by atoms with Crippen LogP contribution in [0.15, 0.2) is 46.2 Å². The minimum absolute atomic E-state index is 0.345. The highest BCUT2D eigenvalue weighted by molar-refractivity contribution is 7.99. The maximum atomic E-state index is 13.4. The van der Waals surface area contributed by atoms with Crippen LogP contribution in [0.5, 0.6) is 0 Å². The van der Waals surface area contributed by atoms with E-state index in [2.05, 4.69) is 5.32 Å². The van der Waals surface area contributed by atoms with E-state index in [9.17, 15) is 13.2 Å². The number of alkyl halides is 3. The Balaban J connectivity index is 1.65. The van der Waals surface area contributed by atoms with Gasteiger partial charge in [0.25, 0.3) is 0 Å². The third kappa shape index (κ3) is 3.71. The fraction of sp³-hybridized carbons (Fsp3) is 0.400. The van der Waals surface area contributed by atoms with Crippen LogP contribution in [0.3, 0.4) is 0 Å². The molecule has 0 bridgehead atoms. The summed E-state index contributed by atoms with van der Waals surface area (Å²) in [7, 11) is 0. The summed E-state index contributed by atoms with van der Waals surface area (Å²) in [6.45, 7) is 2.09. The lowest BCUT2D eigenvalue weighted by Crippen LogP contribution is -2.25. The molecule has 2 aliphatic rings. The quantitative estimate of drug-likeness (QED) is 0.640. The molecule has 1 atom stereocenters. The third-order valence-electron chi connectivity index (χ3n) is 4.93. The van der Waals surface area contributed by atoms with Crippen LogP contribution < -0.4 is 5.32 Å². The number of halogens is 3. The lowest BCUT2D eigenvalue weighted by atomic mass is 9.98. The van der Waals surface area contributed by atoms with Gasteiger partial charge in [0, 0.05) is 35.1 Å². The van der Waals surface area contributed by atoms with E-state index in [1.165, 1.54) is 23.9 Å². The monoisotopic (exact) mass is 379 g/mol. The third-order valence-corrected chi connectivity index (χ3v) is 6.13. The van der Waals surface area contributed by atoms with E-state index in [1.54, 1.807) is 0 Å². The standard InChI is InChI=1S/C20H20F3NOS/c21-20(22,23)15-9-17(24-11-13-4-3-7-25-12-13)16-8-14-5-1-2-6-18(14)26-19(16)10-15/h1-2,5-6,9-10,13,24H,3-4,7-8,11-12H2/t13-/m1/s1. The van der Waals surface area contributed by atoms with Crippen molar-refractivity contribution in [2.45, 2.75) is 35.2 Å². The second-order valence-corrected chi connectivity index (χ2v) is 7.93. The Labute approximate surface area is 155 Å². The number of nitrogens with one attached hydrogen (secondary N) is 1. The molecule has 26 heavy (non-hydrogen) atoms. The van der Waals surface area contributed by atoms with Gasteiger partial charge in [-0.3, -0.25) is 0 Å². The number of anilines is 1. The number of hydrogen-bond donors (Lipinski definition) is 1. The molecule has 1 fully saturated rings. The maximum absolute atomic E-state index is 13.4. The molecule has 2 aromatic rings. The molecular weight excluding hydrogens is 359 g/mol. The van der Waals surface area contributed by atoms with E-state index in [0.717, 1.165) is 35.5 Å². The Morgan fingerprint density at radius 2 is 2.00 bits per heavy atom. The van der Waals surface area contributed by atoms with Crippen molar-refractivity contribution in [3.63, 3.8) is 0 Å². The van der Waals surface area contributed by atoms with Gasteiger partial charge in [0.2, 0.25) is 0 Å². The summed E-state index contributed by atoms with van der Waals surface area (Å²) in [5.74, 6) is 0.345. The molecule has 138 valence electrons. The lowest BCUT2D eigenvalue weighted by Gasteiger charge is -2.26. The Morgan fingerprint density at radius 1 is 1.15 bits per heavy atom. The minimum Gasteiger partial charge on any atom is -0.384 e. The van der Waals surface area contributed by atoms with E-state index in [0.29, 0.717) is 36.1 Å². The molecule has 2 heterocycles. The Kier molecular flexibility index (Phi) is 4.88. The lowest BCUT2D eigenvalue weighted by molar-refractivity contribution is -0.137. The summed E-state index contributed by atoms with van der Waals surface area (Å²) < 4.78 is 45.6. The van der Waals surface area contributed by atoms with Gasteiger partial charge in [-0.15, -0.1) is 0 Å². The molecule has 0 unspecified atom stereocenters. The molecule has 0 aliphatic carbocycles. The molecule has 2 aromatic carbocycles. The van der Waals surface area contributed by atoms with Crippen molar-refractivity contribution in [1.82, 2.24) is 0 Å². The summed E-state index contributed by atoms with van der Waals surface area (Å²) >= 11 is 1.42. The average molecular weight is 379 g/mol. The van der Waals surface area contributed by atoms with Crippen LogP contribution in [0.25, 0.3) is 0 Å². The molecule has 0 spiro atoms. The molecule has 1 N–H and O–H groups in total. The minimum atomic E-state index is -4.35. The van der Waals surface area contributed by atoms with Crippen LogP contribution in [0, 0.1) is 5.92 Å². The van der Waals surface area contributed by atoms with Crippen molar-refractivity contribution in [2.24, 2.45) is 5.92 Å². The zero-order valence-electron chi connectivity index (χ0n) is 14.2. The molecule has 6 heteroatoms. The molecular formula is C20H20F3NOS. The van der Waals surface area contributed by atoms with E-state index < -0.39 is 11.7 Å². The number of rotatable bonds is 3. The normalized spacial score (nSPS) is 19.6. The van der Waals surface area contributed by atoms with Gasteiger partial charge >= 0.3 is 6.18 Å². The van der Waals surface area contributed by atoms with Crippen molar-refractivity contribution < 1.29 is 17.9 Å².